The van der Waals surface area contributed by atoms with Gasteiger partial charge in [0.05, 0.1) is 16.9 Å². The van der Waals surface area contributed by atoms with Crippen molar-refractivity contribution in [1.82, 2.24) is 9.97 Å². The Balaban J connectivity index is 1.89. The van der Waals surface area contributed by atoms with Crippen molar-refractivity contribution in [1.29, 1.82) is 0 Å². The largest absolute Gasteiger partial charge is 0.342 e. The Kier molecular flexibility index (Phi) is 4.65. The molecule has 2 aromatic carbocycles. The van der Waals surface area contributed by atoms with Crippen molar-refractivity contribution in [2.75, 3.05) is 0 Å². The van der Waals surface area contributed by atoms with Crippen molar-refractivity contribution in [3.8, 4) is 11.3 Å². The maximum atomic E-state index is 6.20. The second-order valence-electron chi connectivity index (χ2n) is 4.82. The maximum absolute atomic E-state index is 6.20. The summed E-state index contributed by atoms with van der Waals surface area (Å²) in [6.07, 6.45) is 2.33. The standard InChI is InChI=1S/C16H10Cl4N2/c17-10-1-2-14(20)13(7-10)15-8-21-16(22-15)5-9-3-11(18)6-12(19)4-9/h1-4,6-8H,5H2,(H,21,22). The molecule has 0 fully saturated rings. The molecule has 0 atom stereocenters. The summed E-state index contributed by atoms with van der Waals surface area (Å²) in [6, 6.07) is 10.7. The lowest BCUT2D eigenvalue weighted by molar-refractivity contribution is 1.03. The summed E-state index contributed by atoms with van der Waals surface area (Å²) in [4.78, 5) is 7.62. The molecule has 112 valence electrons. The molecule has 1 N–H and O–H groups in total. The van der Waals surface area contributed by atoms with Crippen LogP contribution in [0.4, 0.5) is 0 Å². The topological polar surface area (TPSA) is 28.7 Å². The molecule has 22 heavy (non-hydrogen) atoms. The van der Waals surface area contributed by atoms with Crippen molar-refractivity contribution in [3.63, 3.8) is 0 Å². The number of rotatable bonds is 3. The molecule has 6 heteroatoms. The van der Waals surface area contributed by atoms with Crippen molar-refractivity contribution in [2.24, 2.45) is 0 Å². The van der Waals surface area contributed by atoms with Gasteiger partial charge in [-0.05, 0) is 42.0 Å². The van der Waals surface area contributed by atoms with Crippen LogP contribution in [0, 0.1) is 0 Å². The Hall–Kier alpha value is -1.19. The molecule has 1 heterocycles. The first-order valence-electron chi connectivity index (χ1n) is 6.45. The normalized spacial score (nSPS) is 10.9. The minimum Gasteiger partial charge on any atom is -0.342 e. The Bertz CT molecular complexity index is 807. The quantitative estimate of drug-likeness (QED) is 0.576. The maximum Gasteiger partial charge on any atom is 0.110 e. The molecule has 0 saturated carbocycles. The Morgan fingerprint density at radius 1 is 0.864 bits per heavy atom. The van der Waals surface area contributed by atoms with E-state index in [0.29, 0.717) is 26.5 Å². The van der Waals surface area contributed by atoms with Crippen molar-refractivity contribution < 1.29 is 0 Å². The molecule has 0 radical (unpaired) electrons. The second kappa shape index (κ2) is 6.51. The highest BCUT2D eigenvalue weighted by Gasteiger charge is 2.09. The van der Waals surface area contributed by atoms with Crippen LogP contribution in [-0.4, -0.2) is 9.97 Å². The van der Waals surface area contributed by atoms with Crippen molar-refractivity contribution in [3.05, 3.63) is 74.1 Å². The average molecular weight is 372 g/mol. The summed E-state index contributed by atoms with van der Waals surface area (Å²) in [5.74, 6) is 0.796. The number of nitrogens with one attached hydrogen (secondary N) is 1. The number of hydrogen-bond donors (Lipinski definition) is 1. The number of imidazole rings is 1. The van der Waals surface area contributed by atoms with Crippen LogP contribution in [0.2, 0.25) is 20.1 Å². The lowest BCUT2D eigenvalue weighted by atomic mass is 10.1. The molecule has 0 spiro atoms. The predicted molar refractivity (Wildman–Crippen MR) is 93.3 cm³/mol. The highest BCUT2D eigenvalue weighted by Crippen LogP contribution is 2.29. The van der Waals surface area contributed by atoms with E-state index < -0.39 is 0 Å². The number of benzene rings is 2. The number of halogens is 4. The molecule has 0 aliphatic rings. The van der Waals surface area contributed by atoms with E-state index in [4.69, 9.17) is 46.4 Å². The van der Waals surface area contributed by atoms with Crippen LogP contribution >= 0.6 is 46.4 Å². The molecule has 3 rings (SSSR count). The number of H-pyrrole nitrogens is 1. The van der Waals surface area contributed by atoms with Gasteiger partial charge < -0.3 is 4.98 Å². The van der Waals surface area contributed by atoms with Crippen LogP contribution in [0.1, 0.15) is 11.4 Å². The molecule has 0 aliphatic carbocycles. The summed E-state index contributed by atoms with van der Waals surface area (Å²) in [6.45, 7) is 0. The van der Waals surface area contributed by atoms with Crippen LogP contribution in [0.15, 0.2) is 42.6 Å². The van der Waals surface area contributed by atoms with E-state index in [1.54, 1.807) is 30.5 Å². The zero-order chi connectivity index (χ0) is 15.7. The van der Waals surface area contributed by atoms with E-state index in [1.807, 2.05) is 12.1 Å². The van der Waals surface area contributed by atoms with Gasteiger partial charge in [-0.25, -0.2) is 4.98 Å². The fourth-order valence-electron chi connectivity index (χ4n) is 2.20. The molecule has 0 aliphatic heterocycles. The van der Waals surface area contributed by atoms with Gasteiger partial charge in [-0.15, -0.1) is 0 Å². The number of aromatic nitrogens is 2. The third-order valence-corrected chi connectivity index (χ3v) is 4.14. The van der Waals surface area contributed by atoms with Crippen LogP contribution in [-0.2, 0) is 6.42 Å². The molecule has 1 aromatic heterocycles. The van der Waals surface area contributed by atoms with E-state index in [2.05, 4.69) is 9.97 Å². The summed E-state index contributed by atoms with van der Waals surface area (Å²) in [7, 11) is 0. The fraction of sp³-hybridized carbons (Fsp3) is 0.0625. The minimum absolute atomic E-state index is 0.596. The van der Waals surface area contributed by atoms with Gasteiger partial charge in [0.2, 0.25) is 0 Å². The third kappa shape index (κ3) is 3.58. The van der Waals surface area contributed by atoms with Gasteiger partial charge in [-0.1, -0.05) is 46.4 Å². The molecule has 0 unspecified atom stereocenters. The first kappa shape index (κ1) is 15.7. The lowest BCUT2D eigenvalue weighted by Crippen LogP contribution is -1.91. The molecule has 0 saturated heterocycles. The fourth-order valence-corrected chi connectivity index (χ4v) is 3.16. The van der Waals surface area contributed by atoms with Crippen LogP contribution < -0.4 is 0 Å². The number of hydrogen-bond acceptors (Lipinski definition) is 1. The van der Waals surface area contributed by atoms with Gasteiger partial charge in [0.25, 0.3) is 0 Å². The summed E-state index contributed by atoms with van der Waals surface area (Å²) in [5, 5.41) is 2.45. The summed E-state index contributed by atoms with van der Waals surface area (Å²) in [5.41, 5.74) is 2.61. The highest BCUT2D eigenvalue weighted by atomic mass is 35.5. The van der Waals surface area contributed by atoms with Crippen molar-refractivity contribution >= 4 is 46.4 Å². The smallest absolute Gasteiger partial charge is 0.110 e. The van der Waals surface area contributed by atoms with E-state index in [-0.39, 0.29) is 0 Å². The third-order valence-electron chi connectivity index (χ3n) is 3.14. The first-order chi connectivity index (χ1) is 10.5. The molecule has 0 bridgehead atoms. The number of nitrogens with zero attached hydrogens (tertiary/aromatic N) is 1. The average Bonchev–Trinajstić information content (AvgIpc) is 2.88. The van der Waals surface area contributed by atoms with E-state index in [9.17, 15) is 0 Å². The number of aromatic amines is 1. The van der Waals surface area contributed by atoms with Gasteiger partial charge in [-0.3, -0.25) is 0 Å². The monoisotopic (exact) mass is 370 g/mol. The zero-order valence-corrected chi connectivity index (χ0v) is 14.2. The molecule has 0 amide bonds. The van der Waals surface area contributed by atoms with Gasteiger partial charge in [0, 0.05) is 27.1 Å². The molecular formula is C16H10Cl4N2. The van der Waals surface area contributed by atoms with Gasteiger partial charge in [0.15, 0.2) is 0 Å². The van der Waals surface area contributed by atoms with E-state index >= 15 is 0 Å². The zero-order valence-electron chi connectivity index (χ0n) is 11.2. The van der Waals surface area contributed by atoms with Crippen LogP contribution in [0.25, 0.3) is 11.3 Å². The predicted octanol–water partition coefficient (Wildman–Crippen LogP) is 6.28. The van der Waals surface area contributed by atoms with Gasteiger partial charge in [0.1, 0.15) is 5.82 Å². The van der Waals surface area contributed by atoms with Gasteiger partial charge in [-0.2, -0.15) is 0 Å². The SMILES string of the molecule is Clc1cc(Cl)cc(Cc2ncc(-c3cc(Cl)ccc3Cl)[nH]2)c1. The van der Waals surface area contributed by atoms with Crippen LogP contribution in [0.3, 0.4) is 0 Å². The Labute approximate surface area is 148 Å². The van der Waals surface area contributed by atoms with Crippen molar-refractivity contribution in [2.45, 2.75) is 6.42 Å². The molecule has 2 nitrogen and oxygen atoms in total. The Morgan fingerprint density at radius 3 is 2.32 bits per heavy atom. The summed E-state index contributed by atoms with van der Waals surface area (Å²) < 4.78 is 0. The molecule has 3 aromatic rings. The highest BCUT2D eigenvalue weighted by molar-refractivity contribution is 6.35. The second-order valence-corrected chi connectivity index (χ2v) is 6.54. The summed E-state index contributed by atoms with van der Waals surface area (Å²) >= 11 is 24.2. The van der Waals surface area contributed by atoms with E-state index in [0.717, 1.165) is 22.6 Å². The minimum atomic E-state index is 0.596. The lowest BCUT2D eigenvalue weighted by Gasteiger charge is -2.03. The Morgan fingerprint density at radius 2 is 1.59 bits per heavy atom. The van der Waals surface area contributed by atoms with Gasteiger partial charge >= 0.3 is 0 Å². The first-order valence-corrected chi connectivity index (χ1v) is 7.97. The van der Waals surface area contributed by atoms with E-state index in [1.165, 1.54) is 0 Å². The molecular weight excluding hydrogens is 362 g/mol. The van der Waals surface area contributed by atoms with Crippen LogP contribution in [0.5, 0.6) is 0 Å².